The van der Waals surface area contributed by atoms with Gasteiger partial charge in [-0.3, -0.25) is 14.9 Å². The Bertz CT molecular complexity index is 529. The number of non-ortho nitro benzene ring substituents is 1. The van der Waals surface area contributed by atoms with E-state index in [0.29, 0.717) is 18.0 Å². The molecule has 3 N–H and O–H groups in total. The van der Waals surface area contributed by atoms with Crippen LogP contribution >= 0.6 is 0 Å². The molecule has 116 valence electrons. The van der Waals surface area contributed by atoms with Crippen molar-refractivity contribution in [1.82, 2.24) is 0 Å². The number of benzene rings is 1. The van der Waals surface area contributed by atoms with Crippen LogP contribution in [-0.4, -0.2) is 23.0 Å². The molecule has 0 atom stereocenters. The van der Waals surface area contributed by atoms with Gasteiger partial charge in [0, 0.05) is 29.8 Å². The molecule has 0 bridgehead atoms. The third-order valence-electron chi connectivity index (χ3n) is 2.67. The molecule has 0 radical (unpaired) electrons. The predicted molar refractivity (Wildman–Crippen MR) is 80.4 cm³/mol. The maximum absolute atomic E-state index is 11.0. The van der Waals surface area contributed by atoms with E-state index in [1.807, 2.05) is 6.92 Å². The molecule has 1 aromatic carbocycles. The van der Waals surface area contributed by atoms with Crippen molar-refractivity contribution in [2.24, 2.45) is 5.73 Å². The molecule has 7 heteroatoms. The fourth-order valence-electron chi connectivity index (χ4n) is 1.93. The molecule has 1 amide bonds. The van der Waals surface area contributed by atoms with Crippen molar-refractivity contribution in [1.29, 1.82) is 0 Å². The lowest BCUT2D eigenvalue weighted by Gasteiger charge is -2.26. The second-order valence-corrected chi connectivity index (χ2v) is 5.47. The minimum absolute atomic E-state index is 0.0685. The zero-order valence-corrected chi connectivity index (χ0v) is 12.5. The topological polar surface area (TPSA) is 107 Å². The van der Waals surface area contributed by atoms with E-state index in [4.69, 9.17) is 10.5 Å². The Morgan fingerprint density at radius 1 is 1.43 bits per heavy atom. The number of hydrogen-bond donors (Lipinski definition) is 2. The lowest BCUT2D eigenvalue weighted by molar-refractivity contribution is -0.384. The van der Waals surface area contributed by atoms with Crippen LogP contribution in [0.4, 0.5) is 11.4 Å². The molecule has 0 fully saturated rings. The number of hydrogen-bond acceptors (Lipinski definition) is 5. The summed E-state index contributed by atoms with van der Waals surface area (Å²) in [5, 5.41) is 14.0. The number of nitrogens with zero attached hydrogens (tertiary/aromatic N) is 1. The molecular formula is C14H21N3O4. The maximum atomic E-state index is 11.0. The Labute approximate surface area is 123 Å². The minimum atomic E-state index is -0.608. The number of anilines is 1. The van der Waals surface area contributed by atoms with Gasteiger partial charge in [0.2, 0.25) is 5.91 Å². The van der Waals surface area contributed by atoms with Crippen LogP contribution in [0.5, 0.6) is 5.75 Å². The number of carbonyl (C=O) groups is 1. The third kappa shape index (κ3) is 5.68. The number of primary amides is 1. The van der Waals surface area contributed by atoms with Gasteiger partial charge in [-0.05, 0) is 20.3 Å². The molecular weight excluding hydrogens is 274 g/mol. The SMILES string of the molecule is CCCOc1cc(NC(C)(C)CC(N)=O)cc([N+](=O)[O-])c1. The van der Waals surface area contributed by atoms with Gasteiger partial charge >= 0.3 is 0 Å². The standard InChI is InChI=1S/C14H21N3O4/c1-4-5-21-12-7-10(6-11(8-12)17(19)20)16-14(2,3)9-13(15)18/h6-8,16H,4-5,9H2,1-3H3,(H2,15,18). The summed E-state index contributed by atoms with van der Waals surface area (Å²) in [7, 11) is 0. The van der Waals surface area contributed by atoms with Gasteiger partial charge in [-0.2, -0.15) is 0 Å². The Morgan fingerprint density at radius 2 is 2.10 bits per heavy atom. The second-order valence-electron chi connectivity index (χ2n) is 5.47. The van der Waals surface area contributed by atoms with Gasteiger partial charge in [0.25, 0.3) is 5.69 Å². The molecule has 7 nitrogen and oxygen atoms in total. The zero-order valence-electron chi connectivity index (χ0n) is 12.5. The quantitative estimate of drug-likeness (QED) is 0.565. The molecule has 0 aromatic heterocycles. The molecule has 0 spiro atoms. The van der Waals surface area contributed by atoms with Gasteiger partial charge in [0.05, 0.1) is 17.6 Å². The van der Waals surface area contributed by atoms with Crippen LogP contribution in [-0.2, 0) is 4.79 Å². The van der Waals surface area contributed by atoms with Crippen molar-refractivity contribution < 1.29 is 14.5 Å². The van der Waals surface area contributed by atoms with Gasteiger partial charge in [0.1, 0.15) is 5.75 Å². The molecule has 1 aromatic rings. The number of nitro benzene ring substituents is 1. The van der Waals surface area contributed by atoms with Gasteiger partial charge in [-0.15, -0.1) is 0 Å². The Morgan fingerprint density at radius 3 is 2.62 bits per heavy atom. The first kappa shape index (κ1) is 16.7. The first-order valence-electron chi connectivity index (χ1n) is 6.72. The summed E-state index contributed by atoms with van der Waals surface area (Å²) in [5.74, 6) is -0.0242. The highest BCUT2D eigenvalue weighted by molar-refractivity contribution is 5.75. The van der Waals surface area contributed by atoms with E-state index in [2.05, 4.69) is 5.32 Å². The summed E-state index contributed by atoms with van der Waals surface area (Å²) in [6, 6.07) is 4.45. The molecule has 0 aliphatic carbocycles. The molecule has 0 heterocycles. The predicted octanol–water partition coefficient (Wildman–Crippen LogP) is 2.45. The largest absolute Gasteiger partial charge is 0.493 e. The van der Waals surface area contributed by atoms with Gasteiger partial charge < -0.3 is 15.8 Å². The summed E-state index contributed by atoms with van der Waals surface area (Å²) in [4.78, 5) is 21.5. The number of carbonyl (C=O) groups excluding carboxylic acids is 1. The minimum Gasteiger partial charge on any atom is -0.493 e. The molecule has 0 saturated heterocycles. The number of nitrogens with one attached hydrogen (secondary N) is 1. The lowest BCUT2D eigenvalue weighted by atomic mass is 9.99. The van der Waals surface area contributed by atoms with Crippen LogP contribution in [0.25, 0.3) is 0 Å². The zero-order chi connectivity index (χ0) is 16.0. The Kier molecular flexibility index (Phi) is 5.52. The summed E-state index contributed by atoms with van der Waals surface area (Å²) >= 11 is 0. The van der Waals surface area contributed by atoms with E-state index in [9.17, 15) is 14.9 Å². The van der Waals surface area contributed by atoms with Crippen LogP contribution in [0.15, 0.2) is 18.2 Å². The van der Waals surface area contributed by atoms with Gasteiger partial charge in [-0.1, -0.05) is 6.92 Å². The highest BCUT2D eigenvalue weighted by Crippen LogP contribution is 2.28. The number of amides is 1. The summed E-state index contributed by atoms with van der Waals surface area (Å²) in [5.41, 5.74) is 5.03. The van der Waals surface area contributed by atoms with Crippen LogP contribution in [0, 0.1) is 10.1 Å². The Hall–Kier alpha value is -2.31. The van der Waals surface area contributed by atoms with E-state index in [1.165, 1.54) is 12.1 Å². The smallest absolute Gasteiger partial charge is 0.275 e. The van der Waals surface area contributed by atoms with Crippen molar-refractivity contribution in [3.8, 4) is 5.75 Å². The summed E-state index contributed by atoms with van der Waals surface area (Å²) in [6.45, 7) is 6.02. The third-order valence-corrected chi connectivity index (χ3v) is 2.67. The number of rotatable bonds is 8. The van der Waals surface area contributed by atoms with Crippen molar-refractivity contribution in [3.05, 3.63) is 28.3 Å². The molecule has 0 aliphatic rings. The number of nitro groups is 1. The van der Waals surface area contributed by atoms with Crippen LogP contribution in [0.3, 0.4) is 0 Å². The van der Waals surface area contributed by atoms with Gasteiger partial charge in [0.15, 0.2) is 0 Å². The second kappa shape index (κ2) is 6.92. The Balaban J connectivity index is 3.02. The first-order chi connectivity index (χ1) is 9.73. The summed E-state index contributed by atoms with van der Waals surface area (Å²) < 4.78 is 5.45. The molecule has 0 saturated carbocycles. The lowest BCUT2D eigenvalue weighted by Crippen LogP contribution is -2.36. The number of ether oxygens (including phenoxy) is 1. The molecule has 0 unspecified atom stereocenters. The number of nitrogens with two attached hydrogens (primary N) is 1. The van der Waals surface area contributed by atoms with Crippen molar-refractivity contribution in [2.45, 2.75) is 39.2 Å². The monoisotopic (exact) mass is 295 g/mol. The summed E-state index contributed by atoms with van der Waals surface area (Å²) in [6.07, 6.45) is 0.916. The highest BCUT2D eigenvalue weighted by Gasteiger charge is 2.22. The molecule has 21 heavy (non-hydrogen) atoms. The average Bonchev–Trinajstić information content (AvgIpc) is 2.33. The molecule has 1 rings (SSSR count). The fraction of sp³-hybridized carbons (Fsp3) is 0.500. The van der Waals surface area contributed by atoms with E-state index < -0.39 is 16.4 Å². The maximum Gasteiger partial charge on any atom is 0.275 e. The van der Waals surface area contributed by atoms with E-state index >= 15 is 0 Å². The van der Waals surface area contributed by atoms with Crippen molar-refractivity contribution in [3.63, 3.8) is 0 Å². The molecule has 0 aliphatic heterocycles. The average molecular weight is 295 g/mol. The highest BCUT2D eigenvalue weighted by atomic mass is 16.6. The van der Waals surface area contributed by atoms with Crippen LogP contribution < -0.4 is 15.8 Å². The van der Waals surface area contributed by atoms with Gasteiger partial charge in [-0.25, -0.2) is 0 Å². The van der Waals surface area contributed by atoms with E-state index in [0.717, 1.165) is 6.42 Å². The first-order valence-corrected chi connectivity index (χ1v) is 6.72. The van der Waals surface area contributed by atoms with Crippen LogP contribution in [0.1, 0.15) is 33.6 Å². The normalized spacial score (nSPS) is 11.0. The van der Waals surface area contributed by atoms with E-state index in [1.54, 1.807) is 19.9 Å². The fourth-order valence-corrected chi connectivity index (χ4v) is 1.93. The van der Waals surface area contributed by atoms with E-state index in [-0.39, 0.29) is 12.1 Å². The van der Waals surface area contributed by atoms with Crippen LogP contribution in [0.2, 0.25) is 0 Å². The van der Waals surface area contributed by atoms with Crippen molar-refractivity contribution in [2.75, 3.05) is 11.9 Å². The van der Waals surface area contributed by atoms with Crippen molar-refractivity contribution >= 4 is 17.3 Å².